The van der Waals surface area contributed by atoms with Crippen LogP contribution in [0.3, 0.4) is 0 Å². The molecule has 1 aliphatic heterocycles. The number of amides is 1. The fourth-order valence-corrected chi connectivity index (χ4v) is 4.77. The van der Waals surface area contributed by atoms with E-state index < -0.39 is 0 Å². The number of anilines is 1. The van der Waals surface area contributed by atoms with E-state index in [9.17, 15) is 4.79 Å². The summed E-state index contributed by atoms with van der Waals surface area (Å²) in [5.74, 6) is -0.110. The first kappa shape index (κ1) is 22.2. The van der Waals surface area contributed by atoms with Gasteiger partial charge < -0.3 is 4.74 Å². The highest BCUT2D eigenvalue weighted by Gasteiger charge is 2.23. The highest BCUT2D eigenvalue weighted by atomic mass is 79.9. The van der Waals surface area contributed by atoms with Crippen LogP contribution in [0.2, 0.25) is 0 Å². The minimum absolute atomic E-state index is 0. The van der Waals surface area contributed by atoms with E-state index in [1.807, 2.05) is 25.2 Å². The molecule has 0 N–H and O–H groups in total. The Morgan fingerprint density at radius 1 is 1.31 bits per heavy atom. The van der Waals surface area contributed by atoms with Crippen molar-refractivity contribution in [2.24, 2.45) is 7.05 Å². The largest absolute Gasteiger partial charge is 0.379 e. The monoisotopic (exact) mass is 499 g/mol. The Morgan fingerprint density at radius 2 is 2.10 bits per heavy atom. The van der Waals surface area contributed by atoms with E-state index in [2.05, 4.69) is 25.9 Å². The Labute approximate surface area is 188 Å². The van der Waals surface area contributed by atoms with Gasteiger partial charge in [0, 0.05) is 43.9 Å². The molecule has 1 saturated heterocycles. The molecule has 10 heteroatoms. The molecule has 0 spiro atoms. The fourth-order valence-electron chi connectivity index (χ4n) is 3.23. The number of benzene rings is 1. The molecule has 7 nitrogen and oxygen atoms in total. The van der Waals surface area contributed by atoms with Crippen molar-refractivity contribution in [2.45, 2.75) is 6.42 Å². The van der Waals surface area contributed by atoms with Crippen molar-refractivity contribution < 1.29 is 9.53 Å². The lowest BCUT2D eigenvalue weighted by atomic mass is 10.3. The van der Waals surface area contributed by atoms with Crippen LogP contribution in [0.1, 0.15) is 16.9 Å². The smallest absolute Gasteiger partial charge is 0.280 e. The minimum atomic E-state index is -0.110. The summed E-state index contributed by atoms with van der Waals surface area (Å²) in [5, 5.41) is 5.00. The summed E-state index contributed by atoms with van der Waals surface area (Å²) in [6.45, 7) is 5.00. The van der Waals surface area contributed by atoms with E-state index >= 15 is 0 Å². The number of hydrogen-bond acceptors (Lipinski definition) is 6. The molecule has 4 rings (SSSR count). The van der Waals surface area contributed by atoms with Crippen molar-refractivity contribution in [3.63, 3.8) is 0 Å². The molecule has 2 aromatic heterocycles. The van der Waals surface area contributed by atoms with Crippen LogP contribution in [-0.2, 0) is 11.8 Å². The first-order valence-electron chi connectivity index (χ1n) is 9.28. The van der Waals surface area contributed by atoms with Gasteiger partial charge in [-0.15, -0.1) is 12.4 Å². The molecule has 1 amide bonds. The Balaban J connectivity index is 0.00000240. The standard InChI is InChI=1S/C19H22BrN5O2S.ClH/c1-23-8-5-16(22-23)18(26)25(7-2-6-24-9-11-27-12-10-24)19-21-15-4-3-14(20)13-17(15)28-19;/h3-5,8,13H,2,6-7,9-12H2,1H3;1H. The van der Waals surface area contributed by atoms with E-state index in [1.165, 1.54) is 11.3 Å². The number of rotatable bonds is 6. The molecule has 1 aromatic carbocycles. The average molecular weight is 501 g/mol. The summed E-state index contributed by atoms with van der Waals surface area (Å²) in [6.07, 6.45) is 2.66. The first-order chi connectivity index (χ1) is 13.6. The summed E-state index contributed by atoms with van der Waals surface area (Å²) < 4.78 is 9.11. The number of carbonyl (C=O) groups is 1. The molecule has 0 aliphatic carbocycles. The second kappa shape index (κ2) is 9.99. The van der Waals surface area contributed by atoms with Crippen LogP contribution in [0.25, 0.3) is 10.2 Å². The van der Waals surface area contributed by atoms with Crippen molar-refractivity contribution in [2.75, 3.05) is 44.3 Å². The number of thiazole rings is 1. The van der Waals surface area contributed by atoms with Crippen molar-refractivity contribution in [1.29, 1.82) is 0 Å². The number of aromatic nitrogens is 3. The van der Waals surface area contributed by atoms with Gasteiger partial charge >= 0.3 is 0 Å². The molecule has 0 bridgehead atoms. The number of morpholine rings is 1. The van der Waals surface area contributed by atoms with E-state index in [4.69, 9.17) is 9.72 Å². The number of carbonyl (C=O) groups excluding carboxylic acids is 1. The second-order valence-corrected chi connectivity index (χ2v) is 8.67. The molecule has 0 saturated carbocycles. The van der Waals surface area contributed by atoms with Crippen LogP contribution in [0, 0.1) is 0 Å². The summed E-state index contributed by atoms with van der Waals surface area (Å²) in [5.41, 5.74) is 1.34. The Kier molecular flexibility index (Phi) is 7.64. The first-order valence-corrected chi connectivity index (χ1v) is 10.9. The lowest BCUT2D eigenvalue weighted by Gasteiger charge is -2.27. The minimum Gasteiger partial charge on any atom is -0.379 e. The van der Waals surface area contributed by atoms with E-state index in [0.717, 1.165) is 54.0 Å². The average Bonchev–Trinajstić information content (AvgIpc) is 3.31. The molecule has 0 radical (unpaired) electrons. The van der Waals surface area contributed by atoms with Gasteiger partial charge in [0.15, 0.2) is 10.8 Å². The molecular weight excluding hydrogens is 478 g/mol. The van der Waals surface area contributed by atoms with Gasteiger partial charge in [0.1, 0.15) is 0 Å². The topological polar surface area (TPSA) is 63.5 Å². The number of aryl methyl sites for hydroxylation is 1. The van der Waals surface area contributed by atoms with Crippen LogP contribution in [0.15, 0.2) is 34.9 Å². The zero-order chi connectivity index (χ0) is 19.5. The van der Waals surface area contributed by atoms with Crippen molar-refractivity contribution in [3.8, 4) is 0 Å². The fraction of sp³-hybridized carbons (Fsp3) is 0.421. The molecule has 29 heavy (non-hydrogen) atoms. The highest BCUT2D eigenvalue weighted by Crippen LogP contribution is 2.31. The molecular formula is C19H23BrClN5O2S. The predicted molar refractivity (Wildman–Crippen MR) is 121 cm³/mol. The Bertz CT molecular complexity index is 973. The normalized spacial score (nSPS) is 14.7. The van der Waals surface area contributed by atoms with Crippen molar-refractivity contribution >= 4 is 60.9 Å². The number of fused-ring (bicyclic) bond motifs is 1. The highest BCUT2D eigenvalue weighted by molar-refractivity contribution is 9.10. The van der Waals surface area contributed by atoms with E-state index in [-0.39, 0.29) is 18.3 Å². The van der Waals surface area contributed by atoms with Crippen LogP contribution in [-0.4, -0.2) is 65.0 Å². The van der Waals surface area contributed by atoms with Gasteiger partial charge in [-0.25, -0.2) is 4.98 Å². The lowest BCUT2D eigenvalue weighted by molar-refractivity contribution is 0.0376. The molecule has 156 valence electrons. The Hall–Kier alpha value is -1.52. The van der Waals surface area contributed by atoms with Crippen LogP contribution in [0.5, 0.6) is 0 Å². The molecule has 0 unspecified atom stereocenters. The summed E-state index contributed by atoms with van der Waals surface area (Å²) in [6, 6.07) is 7.72. The molecule has 1 aliphatic rings. The predicted octanol–water partition coefficient (Wildman–Crippen LogP) is 3.58. The third-order valence-electron chi connectivity index (χ3n) is 4.71. The summed E-state index contributed by atoms with van der Waals surface area (Å²) in [7, 11) is 1.81. The zero-order valence-electron chi connectivity index (χ0n) is 16.1. The second-order valence-electron chi connectivity index (χ2n) is 6.75. The maximum Gasteiger partial charge on any atom is 0.280 e. The molecule has 1 fully saturated rings. The quantitative estimate of drug-likeness (QED) is 0.518. The van der Waals surface area contributed by atoms with Gasteiger partial charge in [-0.2, -0.15) is 5.10 Å². The van der Waals surface area contributed by atoms with Gasteiger partial charge in [-0.3, -0.25) is 19.3 Å². The number of nitrogens with zero attached hydrogens (tertiary/aromatic N) is 5. The SMILES string of the molecule is Cl.Cn1ccc(C(=O)N(CCCN2CCOCC2)c2nc3ccc(Br)cc3s2)n1. The number of halogens is 2. The maximum absolute atomic E-state index is 13.2. The molecule has 0 atom stereocenters. The van der Waals surface area contributed by atoms with Crippen molar-refractivity contribution in [1.82, 2.24) is 19.7 Å². The molecule has 3 aromatic rings. The Morgan fingerprint density at radius 3 is 2.83 bits per heavy atom. The van der Waals surface area contributed by atoms with Gasteiger partial charge in [0.25, 0.3) is 5.91 Å². The lowest BCUT2D eigenvalue weighted by Crippen LogP contribution is -2.39. The van der Waals surface area contributed by atoms with Gasteiger partial charge in [-0.05, 0) is 30.7 Å². The summed E-state index contributed by atoms with van der Waals surface area (Å²) >= 11 is 5.03. The molecule has 3 heterocycles. The van der Waals surface area contributed by atoms with Gasteiger partial charge in [0.2, 0.25) is 0 Å². The van der Waals surface area contributed by atoms with Crippen LogP contribution in [0.4, 0.5) is 5.13 Å². The third kappa shape index (κ3) is 5.35. The van der Waals surface area contributed by atoms with Crippen LogP contribution < -0.4 is 4.90 Å². The van der Waals surface area contributed by atoms with E-state index in [0.29, 0.717) is 17.4 Å². The number of ether oxygens (including phenoxy) is 1. The van der Waals surface area contributed by atoms with Crippen molar-refractivity contribution in [3.05, 3.63) is 40.6 Å². The van der Waals surface area contributed by atoms with E-state index in [1.54, 1.807) is 21.8 Å². The third-order valence-corrected chi connectivity index (χ3v) is 6.24. The van der Waals surface area contributed by atoms with Crippen LogP contribution >= 0.6 is 39.7 Å². The maximum atomic E-state index is 13.2. The summed E-state index contributed by atoms with van der Waals surface area (Å²) in [4.78, 5) is 22.0. The zero-order valence-corrected chi connectivity index (χ0v) is 19.3. The number of hydrogen-bond donors (Lipinski definition) is 0. The van der Waals surface area contributed by atoms with Gasteiger partial charge in [-0.1, -0.05) is 27.3 Å². The van der Waals surface area contributed by atoms with Gasteiger partial charge in [0.05, 0.1) is 23.4 Å².